The van der Waals surface area contributed by atoms with Gasteiger partial charge in [-0.15, -0.1) is 0 Å². The monoisotopic (exact) mass is 452 g/mol. The van der Waals surface area contributed by atoms with E-state index in [2.05, 4.69) is 10.3 Å². The Morgan fingerprint density at radius 2 is 2.03 bits per heavy atom. The highest BCUT2D eigenvalue weighted by atomic mass is 32.1. The molecule has 0 spiro atoms. The maximum absolute atomic E-state index is 12.2. The van der Waals surface area contributed by atoms with Crippen molar-refractivity contribution in [3.8, 4) is 11.3 Å². The lowest BCUT2D eigenvalue weighted by Crippen LogP contribution is -2.35. The maximum Gasteiger partial charge on any atom is 0.325 e. The van der Waals surface area contributed by atoms with Crippen LogP contribution in [0.15, 0.2) is 65.2 Å². The standard InChI is InChI=1S/C22H20N4O5S/c1-2-30-19(27)13-25-21(20(24-22(25)32)15-8-5-6-12-23-15)18-11-10-17(31-18)14-7-3-4-9-16(14)26(28)29/h3-12,20-21H,2,13H2,1H3,(H,24,32). The number of nitro benzene ring substituents is 1. The number of carbonyl (C=O) groups is 1. The van der Waals surface area contributed by atoms with Crippen LogP contribution in [0, 0.1) is 10.1 Å². The summed E-state index contributed by atoms with van der Waals surface area (Å²) in [5.41, 5.74) is 1.02. The zero-order chi connectivity index (χ0) is 22.7. The second-order valence-corrected chi connectivity index (χ2v) is 7.42. The van der Waals surface area contributed by atoms with E-state index in [1.807, 2.05) is 18.2 Å². The molecule has 10 heteroatoms. The van der Waals surface area contributed by atoms with Crippen molar-refractivity contribution in [3.05, 3.63) is 82.4 Å². The van der Waals surface area contributed by atoms with Gasteiger partial charge in [0.2, 0.25) is 0 Å². The highest BCUT2D eigenvalue weighted by Crippen LogP contribution is 2.41. The van der Waals surface area contributed by atoms with Gasteiger partial charge >= 0.3 is 5.97 Å². The van der Waals surface area contributed by atoms with Crippen LogP contribution in [0.25, 0.3) is 11.3 Å². The largest absolute Gasteiger partial charge is 0.465 e. The van der Waals surface area contributed by atoms with Crippen molar-refractivity contribution in [1.82, 2.24) is 15.2 Å². The number of rotatable bonds is 7. The molecule has 9 nitrogen and oxygen atoms in total. The van der Waals surface area contributed by atoms with Gasteiger partial charge < -0.3 is 19.4 Å². The molecule has 0 bridgehead atoms. The number of nitrogens with zero attached hydrogens (tertiary/aromatic N) is 3. The third-order valence-corrected chi connectivity index (χ3v) is 5.44. The highest BCUT2D eigenvalue weighted by molar-refractivity contribution is 7.80. The summed E-state index contributed by atoms with van der Waals surface area (Å²) in [5.74, 6) is 0.417. The molecule has 1 N–H and O–H groups in total. The predicted octanol–water partition coefficient (Wildman–Crippen LogP) is 3.79. The maximum atomic E-state index is 12.2. The van der Waals surface area contributed by atoms with Crippen LogP contribution < -0.4 is 5.32 Å². The van der Waals surface area contributed by atoms with Gasteiger partial charge in [0.25, 0.3) is 5.69 Å². The van der Waals surface area contributed by atoms with Gasteiger partial charge in [-0.25, -0.2) is 0 Å². The van der Waals surface area contributed by atoms with E-state index < -0.39 is 16.9 Å². The molecule has 0 aliphatic carbocycles. The molecular weight excluding hydrogens is 432 g/mol. The number of hydrogen-bond donors (Lipinski definition) is 1. The number of pyridine rings is 1. The van der Waals surface area contributed by atoms with E-state index in [1.54, 1.807) is 48.4 Å². The SMILES string of the molecule is CCOC(=O)CN1C(=S)NC(c2ccccn2)C1c1ccc(-c2ccccc2[N+](=O)[O-])o1. The van der Waals surface area contributed by atoms with Crippen molar-refractivity contribution in [2.45, 2.75) is 19.0 Å². The summed E-state index contributed by atoms with van der Waals surface area (Å²) in [7, 11) is 0. The van der Waals surface area contributed by atoms with Crippen LogP contribution in [-0.4, -0.2) is 39.0 Å². The Kier molecular flexibility index (Phi) is 6.13. The van der Waals surface area contributed by atoms with Crippen LogP contribution in [0.3, 0.4) is 0 Å². The summed E-state index contributed by atoms with van der Waals surface area (Å²) >= 11 is 5.50. The van der Waals surface area contributed by atoms with Gasteiger partial charge in [-0.05, 0) is 49.5 Å². The van der Waals surface area contributed by atoms with Crippen LogP contribution in [0.1, 0.15) is 30.5 Å². The number of nitrogens with one attached hydrogen (secondary N) is 1. The third kappa shape index (κ3) is 4.17. The van der Waals surface area contributed by atoms with Crippen LogP contribution in [0.5, 0.6) is 0 Å². The van der Waals surface area contributed by atoms with E-state index in [0.717, 1.165) is 5.69 Å². The number of aromatic nitrogens is 1. The first-order valence-corrected chi connectivity index (χ1v) is 10.4. The average molecular weight is 452 g/mol. The van der Waals surface area contributed by atoms with Gasteiger partial charge in [-0.3, -0.25) is 19.9 Å². The molecular formula is C22H20N4O5S. The van der Waals surface area contributed by atoms with Crippen molar-refractivity contribution in [3.63, 3.8) is 0 Å². The summed E-state index contributed by atoms with van der Waals surface area (Å²) in [4.78, 5) is 29.3. The molecule has 2 aromatic heterocycles. The number of ether oxygens (including phenoxy) is 1. The van der Waals surface area contributed by atoms with Crippen molar-refractivity contribution in [2.24, 2.45) is 0 Å². The molecule has 1 aliphatic heterocycles. The Balaban J connectivity index is 1.74. The fourth-order valence-corrected chi connectivity index (χ4v) is 4.03. The topological polar surface area (TPSA) is 111 Å². The van der Waals surface area contributed by atoms with Crippen LogP contribution in [-0.2, 0) is 9.53 Å². The van der Waals surface area contributed by atoms with E-state index in [1.165, 1.54) is 6.07 Å². The average Bonchev–Trinajstić information content (AvgIpc) is 3.39. The number of thiocarbonyl (C=S) groups is 1. The molecule has 0 radical (unpaired) electrons. The van der Waals surface area contributed by atoms with Gasteiger partial charge in [0.15, 0.2) is 5.11 Å². The van der Waals surface area contributed by atoms with Crippen LogP contribution in [0.4, 0.5) is 5.69 Å². The minimum atomic E-state index is -0.502. The fourth-order valence-electron chi connectivity index (χ4n) is 3.73. The Labute approximate surface area is 189 Å². The van der Waals surface area contributed by atoms with E-state index in [9.17, 15) is 14.9 Å². The smallest absolute Gasteiger partial charge is 0.325 e. The molecule has 3 aromatic rings. The van der Waals surface area contributed by atoms with E-state index in [4.69, 9.17) is 21.4 Å². The molecule has 1 fully saturated rings. The molecule has 2 unspecified atom stereocenters. The Hall–Kier alpha value is -3.79. The number of esters is 1. The highest BCUT2D eigenvalue weighted by Gasteiger charge is 2.42. The zero-order valence-corrected chi connectivity index (χ0v) is 18.0. The van der Waals surface area contributed by atoms with Crippen molar-refractivity contribution < 1.29 is 18.9 Å². The van der Waals surface area contributed by atoms with Crippen LogP contribution >= 0.6 is 12.2 Å². The Morgan fingerprint density at radius 3 is 2.75 bits per heavy atom. The summed E-state index contributed by atoms with van der Waals surface area (Å²) in [6.07, 6.45) is 1.67. The van der Waals surface area contributed by atoms with Gasteiger partial charge in [0.1, 0.15) is 24.1 Å². The molecule has 0 amide bonds. The van der Waals surface area contributed by atoms with E-state index in [-0.39, 0.29) is 24.9 Å². The lowest BCUT2D eigenvalue weighted by Gasteiger charge is -2.25. The number of nitro groups is 1. The number of furan rings is 1. The van der Waals surface area contributed by atoms with E-state index in [0.29, 0.717) is 22.2 Å². The molecule has 164 valence electrons. The number of benzene rings is 1. The summed E-state index contributed by atoms with van der Waals surface area (Å²) in [6, 6.07) is 14.4. The van der Waals surface area contributed by atoms with Crippen LogP contribution in [0.2, 0.25) is 0 Å². The third-order valence-electron chi connectivity index (χ3n) is 5.09. The first-order chi connectivity index (χ1) is 15.5. The quantitative estimate of drug-likeness (QED) is 0.248. The summed E-state index contributed by atoms with van der Waals surface area (Å²) < 4.78 is 11.2. The second-order valence-electron chi connectivity index (χ2n) is 7.04. The molecule has 2 atom stereocenters. The molecule has 1 aliphatic rings. The van der Waals surface area contributed by atoms with Crippen molar-refractivity contribution in [2.75, 3.05) is 13.2 Å². The first kappa shape index (κ1) is 21.4. The van der Waals surface area contributed by atoms with E-state index >= 15 is 0 Å². The molecule has 1 aromatic carbocycles. The Bertz CT molecular complexity index is 1150. The lowest BCUT2D eigenvalue weighted by atomic mass is 10.0. The molecule has 0 saturated carbocycles. The molecule has 32 heavy (non-hydrogen) atoms. The van der Waals surface area contributed by atoms with Gasteiger partial charge in [0, 0.05) is 12.3 Å². The Morgan fingerprint density at radius 1 is 1.25 bits per heavy atom. The van der Waals surface area contributed by atoms with Crippen molar-refractivity contribution in [1.29, 1.82) is 0 Å². The zero-order valence-electron chi connectivity index (χ0n) is 17.1. The van der Waals surface area contributed by atoms with Gasteiger partial charge in [-0.2, -0.15) is 0 Å². The number of carbonyl (C=O) groups excluding carboxylic acids is 1. The van der Waals surface area contributed by atoms with Crippen molar-refractivity contribution >= 4 is 29.0 Å². The summed E-state index contributed by atoms with van der Waals surface area (Å²) in [6.45, 7) is 1.91. The summed E-state index contributed by atoms with van der Waals surface area (Å²) in [5, 5.41) is 15.0. The minimum Gasteiger partial charge on any atom is -0.465 e. The molecule has 4 rings (SSSR count). The molecule has 1 saturated heterocycles. The molecule has 3 heterocycles. The van der Waals surface area contributed by atoms with Gasteiger partial charge in [-0.1, -0.05) is 18.2 Å². The minimum absolute atomic E-state index is 0.0573. The normalized spacial score (nSPS) is 17.8. The predicted molar refractivity (Wildman–Crippen MR) is 120 cm³/mol. The fraction of sp³-hybridized carbons (Fsp3) is 0.227. The number of para-hydroxylation sites is 1. The van der Waals surface area contributed by atoms with Gasteiger partial charge in [0.05, 0.1) is 28.8 Å². The second kappa shape index (κ2) is 9.15. The first-order valence-electron chi connectivity index (χ1n) is 9.96. The number of hydrogen-bond acceptors (Lipinski definition) is 7. The lowest BCUT2D eigenvalue weighted by molar-refractivity contribution is -0.384.